The first-order valence-electron chi connectivity index (χ1n) is 5.54. The first-order valence-corrected chi connectivity index (χ1v) is 5.54. The molecule has 1 aromatic carbocycles. The number of hydrogen-bond acceptors (Lipinski definition) is 4. The number of rotatable bonds is 2. The van der Waals surface area contributed by atoms with Crippen LogP contribution in [0.25, 0.3) is 11.3 Å². The summed E-state index contributed by atoms with van der Waals surface area (Å²) < 4.78 is 0. The average molecular weight is 229 g/mol. The van der Waals surface area contributed by atoms with Crippen molar-refractivity contribution >= 4 is 5.82 Å². The Labute approximate surface area is 100 Å². The predicted molar refractivity (Wildman–Crippen MR) is 67.7 cm³/mol. The van der Waals surface area contributed by atoms with E-state index in [1.165, 1.54) is 0 Å². The quantitative estimate of drug-likeness (QED) is 0.828. The fraction of sp³-hybridized carbons (Fsp3) is 0.231. The lowest BCUT2D eigenvalue weighted by Crippen LogP contribution is -1.97. The van der Waals surface area contributed by atoms with Crippen LogP contribution in [0.15, 0.2) is 24.3 Å². The monoisotopic (exact) mass is 229 g/mol. The molecule has 88 valence electrons. The molecule has 0 atom stereocenters. The van der Waals surface area contributed by atoms with E-state index in [0.29, 0.717) is 17.1 Å². The van der Waals surface area contributed by atoms with E-state index in [9.17, 15) is 5.11 Å². The van der Waals surface area contributed by atoms with Gasteiger partial charge in [0.25, 0.3) is 0 Å². The Kier molecular flexibility index (Phi) is 2.95. The highest BCUT2D eigenvalue weighted by Gasteiger charge is 2.10. The standard InChI is InChI=1S/C13H15N3O/c1-3-9-4-5-10(11(17)7-9)13-8(2)6-12(14)15-16-13/h4-7,17H,3H2,1-2H3,(H2,14,15). The molecule has 0 fully saturated rings. The van der Waals surface area contributed by atoms with E-state index in [1.807, 2.05) is 26.0 Å². The Bertz CT molecular complexity index is 552. The molecule has 2 aromatic rings. The van der Waals surface area contributed by atoms with Crippen LogP contribution >= 0.6 is 0 Å². The van der Waals surface area contributed by atoms with E-state index in [2.05, 4.69) is 10.2 Å². The van der Waals surface area contributed by atoms with Gasteiger partial charge >= 0.3 is 0 Å². The van der Waals surface area contributed by atoms with Gasteiger partial charge in [0.1, 0.15) is 11.6 Å². The molecule has 0 aliphatic heterocycles. The van der Waals surface area contributed by atoms with Crippen LogP contribution < -0.4 is 5.73 Å². The summed E-state index contributed by atoms with van der Waals surface area (Å²) in [6.45, 7) is 3.94. The van der Waals surface area contributed by atoms with Gasteiger partial charge in [0.05, 0.1) is 5.69 Å². The Hall–Kier alpha value is -2.10. The number of hydrogen-bond donors (Lipinski definition) is 2. The molecule has 1 aromatic heterocycles. The Morgan fingerprint density at radius 3 is 2.59 bits per heavy atom. The number of anilines is 1. The maximum absolute atomic E-state index is 9.97. The largest absolute Gasteiger partial charge is 0.507 e. The highest BCUT2D eigenvalue weighted by atomic mass is 16.3. The summed E-state index contributed by atoms with van der Waals surface area (Å²) >= 11 is 0. The third-order valence-corrected chi connectivity index (χ3v) is 2.73. The second kappa shape index (κ2) is 4.41. The van der Waals surface area contributed by atoms with Crippen LogP contribution in [0.3, 0.4) is 0 Å². The van der Waals surface area contributed by atoms with Crippen LogP contribution in [0.1, 0.15) is 18.1 Å². The van der Waals surface area contributed by atoms with Gasteiger partial charge in [-0.25, -0.2) is 0 Å². The van der Waals surface area contributed by atoms with Crippen LogP contribution in [0.4, 0.5) is 5.82 Å². The number of phenols is 1. The summed E-state index contributed by atoms with van der Waals surface area (Å²) in [5.41, 5.74) is 8.90. The fourth-order valence-electron chi connectivity index (χ4n) is 1.77. The van der Waals surface area contributed by atoms with Gasteiger partial charge in [0.2, 0.25) is 0 Å². The molecule has 0 unspecified atom stereocenters. The average Bonchev–Trinajstić information content (AvgIpc) is 2.30. The number of aryl methyl sites for hydroxylation is 2. The van der Waals surface area contributed by atoms with Gasteiger partial charge < -0.3 is 10.8 Å². The first-order chi connectivity index (χ1) is 8.11. The van der Waals surface area contributed by atoms with Crippen molar-refractivity contribution in [3.05, 3.63) is 35.4 Å². The predicted octanol–water partition coefficient (Wildman–Crippen LogP) is 2.30. The number of phenolic OH excluding ortho intramolecular Hbond substituents is 1. The van der Waals surface area contributed by atoms with E-state index < -0.39 is 0 Å². The van der Waals surface area contributed by atoms with Gasteiger partial charge in [-0.3, -0.25) is 0 Å². The highest BCUT2D eigenvalue weighted by Crippen LogP contribution is 2.30. The molecule has 0 bridgehead atoms. The lowest BCUT2D eigenvalue weighted by molar-refractivity contribution is 0.476. The van der Waals surface area contributed by atoms with Crippen LogP contribution in [-0.2, 0) is 6.42 Å². The zero-order valence-corrected chi connectivity index (χ0v) is 9.94. The molecule has 0 amide bonds. The molecule has 0 radical (unpaired) electrons. The van der Waals surface area contributed by atoms with Gasteiger partial charge in [0, 0.05) is 5.56 Å². The van der Waals surface area contributed by atoms with Gasteiger partial charge in [-0.05, 0) is 42.7 Å². The summed E-state index contributed by atoms with van der Waals surface area (Å²) in [6.07, 6.45) is 0.889. The third kappa shape index (κ3) is 2.20. The molecule has 0 saturated carbocycles. The van der Waals surface area contributed by atoms with E-state index in [0.717, 1.165) is 17.5 Å². The van der Waals surface area contributed by atoms with Gasteiger partial charge in [-0.2, -0.15) is 0 Å². The summed E-state index contributed by atoms with van der Waals surface area (Å²) in [4.78, 5) is 0. The number of nitrogens with zero attached hydrogens (tertiary/aromatic N) is 2. The van der Waals surface area contributed by atoms with Crippen molar-refractivity contribution in [2.75, 3.05) is 5.73 Å². The van der Waals surface area contributed by atoms with Crippen molar-refractivity contribution < 1.29 is 5.11 Å². The molecule has 0 saturated heterocycles. The summed E-state index contributed by atoms with van der Waals surface area (Å²) in [5, 5.41) is 17.8. The molecule has 0 spiro atoms. The Balaban J connectivity index is 2.53. The zero-order valence-electron chi connectivity index (χ0n) is 9.94. The lowest BCUT2D eigenvalue weighted by Gasteiger charge is -2.08. The van der Waals surface area contributed by atoms with E-state index in [4.69, 9.17) is 5.73 Å². The van der Waals surface area contributed by atoms with Crippen LogP contribution in [0, 0.1) is 6.92 Å². The molecular weight excluding hydrogens is 214 g/mol. The minimum Gasteiger partial charge on any atom is -0.507 e. The smallest absolute Gasteiger partial charge is 0.146 e. The number of benzene rings is 1. The highest BCUT2D eigenvalue weighted by molar-refractivity contribution is 5.70. The van der Waals surface area contributed by atoms with Gasteiger partial charge in [0.15, 0.2) is 0 Å². The third-order valence-electron chi connectivity index (χ3n) is 2.73. The molecule has 17 heavy (non-hydrogen) atoms. The minimum atomic E-state index is 0.228. The van der Waals surface area contributed by atoms with E-state index in [-0.39, 0.29) is 5.75 Å². The number of nitrogens with two attached hydrogens (primary N) is 1. The number of aromatic hydroxyl groups is 1. The maximum atomic E-state index is 9.97. The van der Waals surface area contributed by atoms with Crippen molar-refractivity contribution in [3.8, 4) is 17.0 Å². The number of nitrogen functional groups attached to an aromatic ring is 1. The minimum absolute atomic E-state index is 0.228. The van der Waals surface area contributed by atoms with Crippen molar-refractivity contribution in [2.45, 2.75) is 20.3 Å². The molecule has 4 nitrogen and oxygen atoms in total. The zero-order chi connectivity index (χ0) is 12.4. The van der Waals surface area contributed by atoms with Crippen LogP contribution in [-0.4, -0.2) is 15.3 Å². The second-order valence-corrected chi connectivity index (χ2v) is 4.01. The fourth-order valence-corrected chi connectivity index (χ4v) is 1.77. The van der Waals surface area contributed by atoms with Crippen molar-refractivity contribution in [3.63, 3.8) is 0 Å². The van der Waals surface area contributed by atoms with E-state index in [1.54, 1.807) is 12.1 Å². The summed E-state index contributed by atoms with van der Waals surface area (Å²) in [6, 6.07) is 7.34. The second-order valence-electron chi connectivity index (χ2n) is 4.01. The molecule has 1 heterocycles. The SMILES string of the molecule is CCc1ccc(-c2nnc(N)cc2C)c(O)c1. The van der Waals surface area contributed by atoms with Crippen LogP contribution in [0.5, 0.6) is 5.75 Å². The first kappa shape index (κ1) is 11.4. The van der Waals surface area contributed by atoms with E-state index >= 15 is 0 Å². The van der Waals surface area contributed by atoms with Crippen LogP contribution in [0.2, 0.25) is 0 Å². The molecule has 4 heteroatoms. The molecule has 0 aliphatic carbocycles. The van der Waals surface area contributed by atoms with Gasteiger partial charge in [-0.15, -0.1) is 10.2 Å². The summed E-state index contributed by atoms with van der Waals surface area (Å²) in [5.74, 6) is 0.613. The number of aromatic nitrogens is 2. The topological polar surface area (TPSA) is 72.0 Å². The normalized spacial score (nSPS) is 10.5. The van der Waals surface area contributed by atoms with Crippen molar-refractivity contribution in [1.29, 1.82) is 0 Å². The Morgan fingerprint density at radius 2 is 2.00 bits per heavy atom. The molecule has 0 aliphatic rings. The molecular formula is C13H15N3O. The Morgan fingerprint density at radius 1 is 1.24 bits per heavy atom. The van der Waals surface area contributed by atoms with Crippen molar-refractivity contribution in [2.24, 2.45) is 0 Å². The van der Waals surface area contributed by atoms with Gasteiger partial charge in [-0.1, -0.05) is 13.0 Å². The maximum Gasteiger partial charge on any atom is 0.146 e. The summed E-state index contributed by atoms with van der Waals surface area (Å²) in [7, 11) is 0. The molecule has 2 rings (SSSR count). The molecule has 3 N–H and O–H groups in total. The lowest BCUT2D eigenvalue weighted by atomic mass is 10.0. The van der Waals surface area contributed by atoms with Crippen molar-refractivity contribution in [1.82, 2.24) is 10.2 Å².